The van der Waals surface area contributed by atoms with Crippen LogP contribution in [0.1, 0.15) is 157 Å². The quantitative estimate of drug-likeness (QED) is 0.0582. The number of hydrogen-bond donors (Lipinski definition) is 0. The van der Waals surface area contributed by atoms with Crippen LogP contribution in [0.15, 0.2) is 0 Å². The van der Waals surface area contributed by atoms with Gasteiger partial charge in [0.25, 0.3) is 0 Å². The molecule has 251 valence electrons. The zero-order valence-electron chi connectivity index (χ0n) is 28.0. The predicted molar refractivity (Wildman–Crippen MR) is 172 cm³/mol. The number of carbonyl (C=O) groups is 6. The first-order valence-corrected chi connectivity index (χ1v) is 16.3. The second-order valence-corrected chi connectivity index (χ2v) is 10.3. The van der Waals surface area contributed by atoms with Gasteiger partial charge in [0.1, 0.15) is 17.3 Å². The van der Waals surface area contributed by atoms with E-state index in [1.807, 2.05) is 41.5 Å². The molecule has 0 N–H and O–H groups in total. The number of carbonyl (C=O) groups excluding carboxylic acids is 6. The van der Waals surface area contributed by atoms with Gasteiger partial charge in [0.15, 0.2) is 0 Å². The first kappa shape index (κ1) is 47.9. The van der Waals surface area contributed by atoms with Gasteiger partial charge >= 0.3 is 17.1 Å². The van der Waals surface area contributed by atoms with Crippen LogP contribution in [0.3, 0.4) is 0 Å². The predicted octanol–water partition coefficient (Wildman–Crippen LogP) is 8.51. The summed E-state index contributed by atoms with van der Waals surface area (Å²) in [7, 11) is 0. The van der Waals surface area contributed by atoms with Crippen LogP contribution < -0.4 is 0 Å². The van der Waals surface area contributed by atoms with E-state index in [4.69, 9.17) is 0 Å². The molecule has 0 saturated heterocycles. The van der Waals surface area contributed by atoms with Gasteiger partial charge in [0.2, 0.25) is 0 Å². The Kier molecular flexibility index (Phi) is 42.3. The molecular formula is C33H60FeN3O6. The third-order valence-electron chi connectivity index (χ3n) is 5.87. The van der Waals surface area contributed by atoms with E-state index in [2.05, 4.69) is 16.0 Å². The van der Waals surface area contributed by atoms with Crippen LogP contribution in [0.4, 0.5) is 0 Å². The van der Waals surface area contributed by atoms with Gasteiger partial charge in [-0.15, -0.1) is 19.6 Å². The summed E-state index contributed by atoms with van der Waals surface area (Å²) in [6, 6.07) is 0. The van der Waals surface area contributed by atoms with E-state index in [1.54, 1.807) is 0 Å². The van der Waals surface area contributed by atoms with Crippen molar-refractivity contribution in [1.82, 2.24) is 0 Å². The fraction of sp³-hybridized carbons (Fsp3) is 0.818. The number of rotatable bonds is 24. The Morgan fingerprint density at radius 3 is 0.767 bits per heavy atom. The summed E-state index contributed by atoms with van der Waals surface area (Å²) < 4.78 is 0. The number of ketones is 3. The van der Waals surface area contributed by atoms with Crippen molar-refractivity contribution in [2.75, 3.05) is 19.6 Å². The summed E-state index contributed by atoms with van der Waals surface area (Å²) in [4.78, 5) is 66.8. The molecule has 0 unspecified atom stereocenters. The minimum absolute atomic E-state index is 0. The van der Waals surface area contributed by atoms with E-state index in [1.165, 1.54) is 0 Å². The summed E-state index contributed by atoms with van der Waals surface area (Å²) in [6.45, 7) is 13.9. The molecule has 10 heteroatoms. The molecule has 0 atom stereocenters. The smallest absolute Gasteiger partial charge is 0.653 e. The topological polar surface area (TPSA) is 145 Å². The fourth-order valence-electron chi connectivity index (χ4n) is 3.15. The normalized spacial score (nSPS) is 9.63. The van der Waals surface area contributed by atoms with E-state index in [9.17, 15) is 28.8 Å². The Morgan fingerprint density at radius 2 is 0.581 bits per heavy atom. The minimum Gasteiger partial charge on any atom is -0.653 e. The van der Waals surface area contributed by atoms with Gasteiger partial charge in [-0.3, -0.25) is 14.4 Å². The van der Waals surface area contributed by atoms with Crippen LogP contribution in [-0.2, 0) is 45.8 Å². The first-order chi connectivity index (χ1) is 20.1. The molecule has 0 aliphatic carbocycles. The van der Waals surface area contributed by atoms with E-state index in [-0.39, 0.29) is 71.4 Å². The van der Waals surface area contributed by atoms with Gasteiger partial charge in [-0.05, 0) is 19.3 Å². The summed E-state index contributed by atoms with van der Waals surface area (Å²) >= 11 is 0. The van der Waals surface area contributed by atoms with Crippen LogP contribution in [-0.4, -0.2) is 54.7 Å². The standard InChI is InChI=1S/3C11H21NO2.Fe/c3*1-3-5-7-10(13)9-11(14)12-8-6-4-2;/h3*3-9H2,1-2H3,(H,12,14);/q;;;+3/p-3. The zero-order valence-corrected chi connectivity index (χ0v) is 29.1. The maximum atomic E-state index is 11.2. The molecule has 0 saturated carbocycles. The average Bonchev–Trinajstić information content (AvgIpc) is 2.95. The molecule has 0 rings (SSSR count). The van der Waals surface area contributed by atoms with Crippen LogP contribution in [0, 0.1) is 0 Å². The fourth-order valence-corrected chi connectivity index (χ4v) is 3.15. The van der Waals surface area contributed by atoms with Gasteiger partial charge in [0, 0.05) is 38.5 Å². The van der Waals surface area contributed by atoms with Gasteiger partial charge in [-0.1, -0.05) is 99.3 Å². The second kappa shape index (κ2) is 38.0. The van der Waals surface area contributed by atoms with Crippen molar-refractivity contribution in [2.45, 2.75) is 157 Å². The maximum Gasteiger partial charge on any atom is 3.00 e. The van der Waals surface area contributed by atoms with Crippen molar-refractivity contribution in [3.05, 3.63) is 16.0 Å². The molecule has 0 spiro atoms. The third kappa shape index (κ3) is 42.1. The van der Waals surface area contributed by atoms with Crippen molar-refractivity contribution in [3.8, 4) is 0 Å². The van der Waals surface area contributed by atoms with Crippen molar-refractivity contribution < 1.29 is 45.8 Å². The van der Waals surface area contributed by atoms with Crippen LogP contribution in [0.5, 0.6) is 0 Å². The third-order valence-corrected chi connectivity index (χ3v) is 5.87. The van der Waals surface area contributed by atoms with E-state index < -0.39 is 0 Å². The molecule has 0 aromatic carbocycles. The van der Waals surface area contributed by atoms with E-state index >= 15 is 0 Å². The Labute approximate surface area is 273 Å². The Hall–Kier alpha value is -2.06. The minimum atomic E-state index is -0.250. The number of hydrogen-bond acceptors (Lipinski definition) is 6. The molecule has 0 aromatic rings. The molecule has 0 aliphatic heterocycles. The van der Waals surface area contributed by atoms with Crippen molar-refractivity contribution >= 4 is 35.1 Å². The molecular weight excluding hydrogens is 590 g/mol. The monoisotopic (exact) mass is 650 g/mol. The summed E-state index contributed by atoms with van der Waals surface area (Å²) in [6.07, 6.45) is 13.0. The molecule has 0 aromatic heterocycles. The SMILES string of the molecule is CCCC[N-]C(=O)CC(=O)CCCC.CCCC[N-]C(=O)CC(=O)CCCC.CCCC[N-]C(=O)CC(=O)CCCC.[Fe+3]. The van der Waals surface area contributed by atoms with E-state index in [0.717, 1.165) is 77.0 Å². The summed E-state index contributed by atoms with van der Waals surface area (Å²) in [5.41, 5.74) is 0. The summed E-state index contributed by atoms with van der Waals surface area (Å²) in [5, 5.41) is 11.4. The number of nitrogens with zero attached hydrogens (tertiary/aromatic N) is 3. The summed E-state index contributed by atoms with van der Waals surface area (Å²) in [5.74, 6) is -0.676. The van der Waals surface area contributed by atoms with Gasteiger partial charge < -0.3 is 30.3 Å². The van der Waals surface area contributed by atoms with Crippen molar-refractivity contribution in [1.29, 1.82) is 0 Å². The number of Topliss-reactive ketones (excluding diaryl/α,β-unsaturated/α-hetero) is 3. The molecule has 9 nitrogen and oxygen atoms in total. The first-order valence-electron chi connectivity index (χ1n) is 16.3. The number of amides is 3. The zero-order chi connectivity index (χ0) is 32.4. The Morgan fingerprint density at radius 1 is 0.372 bits per heavy atom. The molecule has 0 fully saturated rings. The van der Waals surface area contributed by atoms with E-state index in [0.29, 0.717) is 38.9 Å². The molecule has 3 amide bonds. The number of unbranched alkanes of at least 4 members (excludes halogenated alkanes) is 6. The molecule has 43 heavy (non-hydrogen) atoms. The van der Waals surface area contributed by atoms with Crippen molar-refractivity contribution in [2.24, 2.45) is 0 Å². The Bertz CT molecular complexity index is 636. The Balaban J connectivity index is -0.000000262. The van der Waals surface area contributed by atoms with Crippen LogP contribution in [0.2, 0.25) is 0 Å². The van der Waals surface area contributed by atoms with Crippen molar-refractivity contribution in [3.63, 3.8) is 0 Å². The maximum absolute atomic E-state index is 11.2. The van der Waals surface area contributed by atoms with Gasteiger partial charge in [-0.2, -0.15) is 0 Å². The molecule has 0 bridgehead atoms. The van der Waals surface area contributed by atoms with Crippen LogP contribution >= 0.6 is 0 Å². The average molecular weight is 651 g/mol. The molecule has 1 radical (unpaired) electrons. The second-order valence-electron chi connectivity index (χ2n) is 10.3. The van der Waals surface area contributed by atoms with Crippen LogP contribution in [0.25, 0.3) is 16.0 Å². The largest absolute Gasteiger partial charge is 3.00 e. The molecule has 0 heterocycles. The molecule has 0 aliphatic rings. The van der Waals surface area contributed by atoms with Gasteiger partial charge in [-0.25, -0.2) is 0 Å². The van der Waals surface area contributed by atoms with Gasteiger partial charge in [0.05, 0.1) is 17.7 Å².